The zero-order valence-electron chi connectivity index (χ0n) is 10.5. The van der Waals surface area contributed by atoms with Gasteiger partial charge in [0.1, 0.15) is 11.3 Å². The highest BCUT2D eigenvalue weighted by atomic mass is 16.3. The maximum absolute atomic E-state index is 12.2. The summed E-state index contributed by atoms with van der Waals surface area (Å²) in [5.74, 6) is -0.190. The summed E-state index contributed by atoms with van der Waals surface area (Å²) in [7, 11) is 0. The maximum Gasteiger partial charge on any atom is 0.272 e. The number of nitrogens with zero attached hydrogens (tertiary/aromatic N) is 2. The number of amides is 1. The van der Waals surface area contributed by atoms with E-state index in [0.29, 0.717) is 25.1 Å². The lowest BCUT2D eigenvalue weighted by Crippen LogP contribution is -2.52. The molecule has 0 bridgehead atoms. The van der Waals surface area contributed by atoms with Gasteiger partial charge in [0.2, 0.25) is 0 Å². The van der Waals surface area contributed by atoms with Crippen molar-refractivity contribution in [3.8, 4) is 0 Å². The number of hydrogen-bond donors (Lipinski definition) is 2. The fourth-order valence-corrected chi connectivity index (χ4v) is 2.24. The summed E-state index contributed by atoms with van der Waals surface area (Å²) in [6, 6.07) is 5.29. The molecule has 5 nitrogen and oxygen atoms in total. The van der Waals surface area contributed by atoms with E-state index in [4.69, 9.17) is 5.11 Å². The van der Waals surface area contributed by atoms with Crippen molar-refractivity contribution in [1.82, 2.24) is 9.88 Å². The largest absolute Gasteiger partial charge is 0.393 e. The second kappa shape index (κ2) is 5.04. The van der Waals surface area contributed by atoms with Crippen LogP contribution in [0.3, 0.4) is 0 Å². The van der Waals surface area contributed by atoms with E-state index in [0.717, 1.165) is 5.69 Å². The summed E-state index contributed by atoms with van der Waals surface area (Å²) < 4.78 is 0. The van der Waals surface area contributed by atoms with Crippen molar-refractivity contribution in [3.05, 3.63) is 29.6 Å². The van der Waals surface area contributed by atoms with E-state index in [2.05, 4.69) is 4.98 Å². The van der Waals surface area contributed by atoms with Gasteiger partial charge < -0.3 is 15.1 Å². The second-order valence-corrected chi connectivity index (χ2v) is 4.88. The Morgan fingerprint density at radius 3 is 3.00 bits per heavy atom. The average molecular weight is 250 g/mol. The van der Waals surface area contributed by atoms with E-state index in [-0.39, 0.29) is 19.1 Å². The lowest BCUT2D eigenvalue weighted by molar-refractivity contribution is -0.0599. The summed E-state index contributed by atoms with van der Waals surface area (Å²) >= 11 is 0. The van der Waals surface area contributed by atoms with E-state index in [1.165, 1.54) is 0 Å². The number of aryl methyl sites for hydroxylation is 1. The van der Waals surface area contributed by atoms with Crippen molar-refractivity contribution in [2.45, 2.75) is 25.4 Å². The highest BCUT2D eigenvalue weighted by Gasteiger charge is 2.35. The fourth-order valence-electron chi connectivity index (χ4n) is 2.24. The van der Waals surface area contributed by atoms with Gasteiger partial charge in [-0.15, -0.1) is 0 Å². The Labute approximate surface area is 106 Å². The number of rotatable bonds is 2. The van der Waals surface area contributed by atoms with Crippen LogP contribution in [0.5, 0.6) is 0 Å². The van der Waals surface area contributed by atoms with Crippen molar-refractivity contribution in [2.24, 2.45) is 0 Å². The topological polar surface area (TPSA) is 73.7 Å². The van der Waals surface area contributed by atoms with Crippen LogP contribution in [-0.4, -0.2) is 51.3 Å². The first kappa shape index (κ1) is 13.0. The summed E-state index contributed by atoms with van der Waals surface area (Å²) in [4.78, 5) is 18.0. The van der Waals surface area contributed by atoms with E-state index in [1.54, 1.807) is 17.0 Å². The predicted octanol–water partition coefficient (Wildman–Crippen LogP) is 0.349. The molecule has 2 N–H and O–H groups in total. The van der Waals surface area contributed by atoms with E-state index in [9.17, 15) is 9.90 Å². The minimum absolute atomic E-state index is 0.165. The number of aromatic nitrogens is 1. The standard InChI is InChI=1S/C13H18N2O3/c1-10-4-2-5-11(14-10)12(17)15-7-3-6-13(18,8-15)9-16/h2,4-5,16,18H,3,6-9H2,1H3/t13-/m0/s1. The third-order valence-corrected chi connectivity index (χ3v) is 3.24. The summed E-state index contributed by atoms with van der Waals surface area (Å²) in [6.07, 6.45) is 1.21. The number of pyridine rings is 1. The zero-order chi connectivity index (χ0) is 13.2. The van der Waals surface area contributed by atoms with Crippen molar-refractivity contribution in [1.29, 1.82) is 0 Å². The molecule has 0 radical (unpaired) electrons. The van der Waals surface area contributed by atoms with Gasteiger partial charge >= 0.3 is 0 Å². The molecule has 5 heteroatoms. The molecule has 0 unspecified atom stereocenters. The van der Waals surface area contributed by atoms with Crippen LogP contribution in [0.25, 0.3) is 0 Å². The Bertz CT molecular complexity index is 450. The van der Waals surface area contributed by atoms with Gasteiger partial charge in [-0.2, -0.15) is 0 Å². The monoisotopic (exact) mass is 250 g/mol. The molecule has 2 rings (SSSR count). The normalized spacial score (nSPS) is 24.1. The average Bonchev–Trinajstić information content (AvgIpc) is 2.38. The molecule has 1 aliphatic rings. The van der Waals surface area contributed by atoms with Gasteiger partial charge in [-0.1, -0.05) is 6.07 Å². The van der Waals surface area contributed by atoms with Gasteiger partial charge in [-0.3, -0.25) is 4.79 Å². The molecule has 2 heterocycles. The molecule has 1 fully saturated rings. The van der Waals surface area contributed by atoms with Crippen LogP contribution in [0.4, 0.5) is 0 Å². The van der Waals surface area contributed by atoms with Crippen molar-refractivity contribution >= 4 is 5.91 Å². The van der Waals surface area contributed by atoms with E-state index >= 15 is 0 Å². The Hall–Kier alpha value is -1.46. The van der Waals surface area contributed by atoms with E-state index < -0.39 is 5.60 Å². The number of aliphatic hydroxyl groups is 2. The summed E-state index contributed by atoms with van der Waals surface area (Å²) in [5.41, 5.74) is 0.00467. The number of likely N-dealkylation sites (tertiary alicyclic amines) is 1. The number of piperidine rings is 1. The number of aliphatic hydroxyl groups excluding tert-OH is 1. The molecule has 0 spiro atoms. The van der Waals surface area contributed by atoms with Crippen LogP contribution in [0.2, 0.25) is 0 Å². The Kier molecular flexibility index (Phi) is 3.63. The van der Waals surface area contributed by atoms with Gasteiger partial charge in [-0.25, -0.2) is 4.98 Å². The molecule has 0 aliphatic carbocycles. The Morgan fingerprint density at radius 1 is 1.56 bits per heavy atom. The quantitative estimate of drug-likeness (QED) is 0.794. The van der Waals surface area contributed by atoms with Gasteiger partial charge in [-0.05, 0) is 31.9 Å². The van der Waals surface area contributed by atoms with Crippen LogP contribution >= 0.6 is 0 Å². The molecule has 1 aliphatic heterocycles. The molecule has 1 saturated heterocycles. The predicted molar refractivity (Wildman–Crippen MR) is 66.1 cm³/mol. The molecule has 1 amide bonds. The highest BCUT2D eigenvalue weighted by molar-refractivity contribution is 5.92. The Balaban J connectivity index is 2.14. The summed E-state index contributed by atoms with van der Waals surface area (Å²) in [5, 5.41) is 19.2. The van der Waals surface area contributed by atoms with E-state index in [1.807, 2.05) is 13.0 Å². The van der Waals surface area contributed by atoms with Crippen LogP contribution in [0, 0.1) is 6.92 Å². The lowest BCUT2D eigenvalue weighted by atomic mass is 9.93. The Morgan fingerprint density at radius 2 is 2.33 bits per heavy atom. The third-order valence-electron chi connectivity index (χ3n) is 3.24. The molecule has 18 heavy (non-hydrogen) atoms. The van der Waals surface area contributed by atoms with Crippen LogP contribution in [0.1, 0.15) is 29.0 Å². The minimum atomic E-state index is -1.17. The molecular weight excluding hydrogens is 232 g/mol. The van der Waals surface area contributed by atoms with Gasteiger partial charge in [0.15, 0.2) is 0 Å². The summed E-state index contributed by atoms with van der Waals surface area (Å²) in [6.45, 7) is 2.27. The molecule has 1 aromatic heterocycles. The first-order chi connectivity index (χ1) is 8.54. The number of carbonyl (C=O) groups is 1. The number of hydrogen-bond acceptors (Lipinski definition) is 4. The van der Waals surface area contributed by atoms with Crippen molar-refractivity contribution < 1.29 is 15.0 Å². The third kappa shape index (κ3) is 2.68. The molecular formula is C13H18N2O3. The molecule has 1 atom stereocenters. The number of β-amino-alcohol motifs (C(OH)–C–C–N with tert-alkyl or cyclic N) is 1. The van der Waals surface area contributed by atoms with Gasteiger partial charge in [0.05, 0.1) is 13.2 Å². The van der Waals surface area contributed by atoms with Crippen LogP contribution in [-0.2, 0) is 0 Å². The molecule has 0 saturated carbocycles. The second-order valence-electron chi connectivity index (χ2n) is 4.88. The smallest absolute Gasteiger partial charge is 0.272 e. The van der Waals surface area contributed by atoms with Crippen molar-refractivity contribution in [3.63, 3.8) is 0 Å². The van der Waals surface area contributed by atoms with Crippen molar-refractivity contribution in [2.75, 3.05) is 19.7 Å². The minimum Gasteiger partial charge on any atom is -0.393 e. The first-order valence-electron chi connectivity index (χ1n) is 6.10. The van der Waals surface area contributed by atoms with Gasteiger partial charge in [0, 0.05) is 12.2 Å². The van der Waals surface area contributed by atoms with Gasteiger partial charge in [0.25, 0.3) is 5.91 Å². The first-order valence-corrected chi connectivity index (χ1v) is 6.10. The van der Waals surface area contributed by atoms with Crippen LogP contribution in [0.15, 0.2) is 18.2 Å². The SMILES string of the molecule is Cc1cccc(C(=O)N2CCC[C@@](O)(CO)C2)n1. The molecule has 1 aromatic rings. The highest BCUT2D eigenvalue weighted by Crippen LogP contribution is 2.21. The maximum atomic E-state index is 12.2. The molecule has 0 aromatic carbocycles. The zero-order valence-corrected chi connectivity index (χ0v) is 10.5. The number of carbonyl (C=O) groups excluding carboxylic acids is 1. The molecule has 98 valence electrons. The van der Waals surface area contributed by atoms with Crippen LogP contribution < -0.4 is 0 Å². The fraction of sp³-hybridized carbons (Fsp3) is 0.538. The lowest BCUT2D eigenvalue weighted by Gasteiger charge is -2.37.